The van der Waals surface area contributed by atoms with E-state index >= 15 is 0 Å². The number of rotatable bonds is 3. The molecule has 2 N–H and O–H groups in total. The Hall–Kier alpha value is -3.58. The fourth-order valence-electron chi connectivity index (χ4n) is 6.82. The molecule has 1 aromatic heterocycles. The Morgan fingerprint density at radius 3 is 2.62 bits per heavy atom. The molecule has 0 saturated heterocycles. The molecule has 0 spiro atoms. The standard InChI is InChI=1S/C30H31N5O2/c1-35-24-14-22(26-21(28(35)36)5-3-6-25(26)37-2)20-9-7-18-13-17(8-10-23(18)34-27(20)24)19-15-32-29(33-16-19)30(31)11-4-12-30/h3,5-6,8,10,13,15-16,20,22,24H,4,7,9,11-12,14,31H2,1-2H3/t20?,22-,24+/m0/s1. The van der Waals surface area contributed by atoms with Crippen molar-refractivity contribution in [2.45, 2.75) is 56.0 Å². The van der Waals surface area contributed by atoms with E-state index in [1.54, 1.807) is 7.11 Å². The van der Waals surface area contributed by atoms with Crippen LogP contribution in [0.15, 0.2) is 53.8 Å². The van der Waals surface area contributed by atoms with Crippen molar-refractivity contribution < 1.29 is 9.53 Å². The van der Waals surface area contributed by atoms with Gasteiger partial charge in [0, 0.05) is 47.8 Å². The fraction of sp³-hybridized carbons (Fsp3) is 0.400. The van der Waals surface area contributed by atoms with Gasteiger partial charge in [0.1, 0.15) is 11.6 Å². The third-order valence-corrected chi connectivity index (χ3v) is 9.09. The number of nitrogens with two attached hydrogens (primary N) is 1. The maximum absolute atomic E-state index is 13.4. The number of carbonyl (C=O) groups is 1. The highest BCUT2D eigenvalue weighted by atomic mass is 16.5. The first kappa shape index (κ1) is 22.6. The maximum Gasteiger partial charge on any atom is 0.254 e. The second kappa shape index (κ2) is 8.21. The molecule has 2 saturated carbocycles. The quantitative estimate of drug-likeness (QED) is 0.567. The molecule has 3 heterocycles. The molecular weight excluding hydrogens is 462 g/mol. The van der Waals surface area contributed by atoms with Gasteiger partial charge in [0.2, 0.25) is 0 Å². The lowest BCUT2D eigenvalue weighted by molar-refractivity contribution is 0.0775. The van der Waals surface area contributed by atoms with E-state index in [-0.39, 0.29) is 29.3 Å². The second-order valence-electron chi connectivity index (χ2n) is 11.0. The van der Waals surface area contributed by atoms with E-state index < -0.39 is 0 Å². The number of aromatic nitrogens is 2. The normalized spacial score (nSPS) is 25.2. The molecule has 2 bridgehead atoms. The van der Waals surface area contributed by atoms with Gasteiger partial charge >= 0.3 is 0 Å². The van der Waals surface area contributed by atoms with E-state index in [0.717, 1.165) is 83.8 Å². The minimum absolute atomic E-state index is 0.00117. The monoisotopic (exact) mass is 493 g/mol. The summed E-state index contributed by atoms with van der Waals surface area (Å²) in [5, 5.41) is 0. The average Bonchev–Trinajstić information content (AvgIpc) is 3.09. The number of ether oxygens (including phenoxy) is 1. The molecule has 4 aliphatic rings. The van der Waals surface area contributed by atoms with Crippen molar-refractivity contribution in [2.75, 3.05) is 14.2 Å². The Labute approximate surface area is 216 Å². The smallest absolute Gasteiger partial charge is 0.254 e. The summed E-state index contributed by atoms with van der Waals surface area (Å²) >= 11 is 0. The summed E-state index contributed by atoms with van der Waals surface area (Å²) in [5.74, 6) is 2.09. The number of amides is 1. The van der Waals surface area contributed by atoms with Crippen LogP contribution in [0.4, 0.5) is 5.69 Å². The van der Waals surface area contributed by atoms with E-state index in [9.17, 15) is 4.79 Å². The highest BCUT2D eigenvalue weighted by Crippen LogP contribution is 2.51. The van der Waals surface area contributed by atoms with Gasteiger partial charge in [0.25, 0.3) is 5.91 Å². The zero-order chi connectivity index (χ0) is 25.3. The molecule has 7 nitrogen and oxygen atoms in total. The van der Waals surface area contributed by atoms with E-state index in [1.165, 1.54) is 5.56 Å². The summed E-state index contributed by atoms with van der Waals surface area (Å²) in [7, 11) is 3.60. The average molecular weight is 494 g/mol. The highest BCUT2D eigenvalue weighted by Gasteiger charge is 2.49. The van der Waals surface area contributed by atoms with Crippen LogP contribution in [-0.2, 0) is 12.0 Å². The number of hydrogen-bond donors (Lipinski definition) is 1. The number of methoxy groups -OCH3 is 1. The van der Waals surface area contributed by atoms with Crippen LogP contribution < -0.4 is 10.5 Å². The maximum atomic E-state index is 13.4. The zero-order valence-corrected chi connectivity index (χ0v) is 21.3. The molecule has 2 aliphatic heterocycles. The van der Waals surface area contributed by atoms with E-state index in [2.05, 4.69) is 28.2 Å². The van der Waals surface area contributed by atoms with Crippen LogP contribution in [-0.4, -0.2) is 46.7 Å². The Kier molecular flexibility index (Phi) is 5.02. The van der Waals surface area contributed by atoms with Crippen LogP contribution in [0.5, 0.6) is 5.75 Å². The lowest BCUT2D eigenvalue weighted by atomic mass is 9.77. The SMILES string of the molecule is COc1cccc2c1[C@H]1C[C@H](C3=Nc4ccc(-c5cnc(C6(N)CCC6)nc5)cc4CCC31)N(C)C2=O. The molecule has 7 heteroatoms. The van der Waals surface area contributed by atoms with Crippen LogP contribution >= 0.6 is 0 Å². The van der Waals surface area contributed by atoms with Gasteiger partial charge in [0.05, 0.1) is 24.4 Å². The van der Waals surface area contributed by atoms with Crippen molar-refractivity contribution >= 4 is 17.3 Å². The third-order valence-electron chi connectivity index (χ3n) is 9.09. The first-order valence-corrected chi connectivity index (χ1v) is 13.2. The molecule has 2 aromatic carbocycles. The molecule has 188 valence electrons. The topological polar surface area (TPSA) is 93.7 Å². The minimum Gasteiger partial charge on any atom is -0.496 e. The second-order valence-corrected chi connectivity index (χ2v) is 11.0. The summed E-state index contributed by atoms with van der Waals surface area (Å²) in [4.78, 5) is 29.8. The van der Waals surface area contributed by atoms with Crippen LogP contribution in [0.2, 0.25) is 0 Å². The molecule has 1 amide bonds. The number of benzene rings is 2. The van der Waals surface area contributed by atoms with Crippen molar-refractivity contribution in [3.8, 4) is 16.9 Å². The predicted octanol–water partition coefficient (Wildman–Crippen LogP) is 4.77. The summed E-state index contributed by atoms with van der Waals surface area (Å²) in [6.45, 7) is 0. The molecule has 3 atom stereocenters. The zero-order valence-electron chi connectivity index (χ0n) is 21.3. The molecule has 2 fully saturated rings. The summed E-state index contributed by atoms with van der Waals surface area (Å²) in [6, 6.07) is 12.3. The highest BCUT2D eigenvalue weighted by molar-refractivity contribution is 6.06. The summed E-state index contributed by atoms with van der Waals surface area (Å²) < 4.78 is 5.75. The molecule has 37 heavy (non-hydrogen) atoms. The van der Waals surface area contributed by atoms with E-state index in [4.69, 9.17) is 15.5 Å². The van der Waals surface area contributed by atoms with Crippen molar-refractivity contribution in [1.29, 1.82) is 0 Å². The van der Waals surface area contributed by atoms with Gasteiger partial charge in [-0.2, -0.15) is 0 Å². The molecule has 7 rings (SSSR count). The number of hydrogen-bond acceptors (Lipinski definition) is 6. The van der Waals surface area contributed by atoms with Crippen molar-refractivity contribution in [3.63, 3.8) is 0 Å². The number of aryl methyl sites for hydroxylation is 1. The molecule has 1 unspecified atom stereocenters. The molecular formula is C30H31N5O2. The van der Waals surface area contributed by atoms with Crippen LogP contribution in [0.3, 0.4) is 0 Å². The van der Waals surface area contributed by atoms with Crippen LogP contribution in [0.25, 0.3) is 11.1 Å². The predicted molar refractivity (Wildman–Crippen MR) is 142 cm³/mol. The first-order chi connectivity index (χ1) is 18.0. The van der Waals surface area contributed by atoms with Crippen molar-refractivity contribution in [1.82, 2.24) is 14.9 Å². The van der Waals surface area contributed by atoms with E-state index in [1.807, 2.05) is 42.5 Å². The van der Waals surface area contributed by atoms with Gasteiger partial charge < -0.3 is 15.4 Å². The van der Waals surface area contributed by atoms with E-state index in [0.29, 0.717) is 0 Å². The Morgan fingerprint density at radius 1 is 1.08 bits per heavy atom. The Bertz CT molecular complexity index is 1440. The van der Waals surface area contributed by atoms with Gasteiger partial charge in [-0.05, 0) is 79.8 Å². The van der Waals surface area contributed by atoms with Gasteiger partial charge in [-0.1, -0.05) is 12.1 Å². The lowest BCUT2D eigenvalue weighted by Crippen LogP contribution is -2.44. The van der Waals surface area contributed by atoms with Gasteiger partial charge in [-0.25, -0.2) is 9.97 Å². The molecule has 2 aliphatic carbocycles. The number of carbonyl (C=O) groups excluding carboxylic acids is 1. The number of nitrogens with zero attached hydrogens (tertiary/aromatic N) is 4. The number of aliphatic imine (C=N–C) groups is 1. The van der Waals surface area contributed by atoms with Crippen LogP contribution in [0, 0.1) is 5.92 Å². The molecule has 3 aromatic rings. The number of fused-ring (bicyclic) bond motifs is 8. The van der Waals surface area contributed by atoms with Crippen molar-refractivity contribution in [2.24, 2.45) is 16.6 Å². The minimum atomic E-state index is -0.354. The molecule has 0 radical (unpaired) electrons. The Morgan fingerprint density at radius 2 is 1.89 bits per heavy atom. The van der Waals surface area contributed by atoms with Gasteiger partial charge in [0.15, 0.2) is 0 Å². The lowest BCUT2D eigenvalue weighted by Gasteiger charge is -2.36. The first-order valence-electron chi connectivity index (χ1n) is 13.2. The van der Waals surface area contributed by atoms with Crippen molar-refractivity contribution in [3.05, 3.63) is 71.3 Å². The fourth-order valence-corrected chi connectivity index (χ4v) is 6.82. The Balaban J connectivity index is 1.24. The summed E-state index contributed by atoms with van der Waals surface area (Å²) in [5.41, 5.74) is 13.3. The third kappa shape index (κ3) is 3.37. The van der Waals surface area contributed by atoms with Gasteiger partial charge in [-0.3, -0.25) is 9.79 Å². The largest absolute Gasteiger partial charge is 0.496 e. The van der Waals surface area contributed by atoms with Gasteiger partial charge in [-0.15, -0.1) is 0 Å². The van der Waals surface area contributed by atoms with Crippen LogP contribution in [0.1, 0.15) is 65.3 Å². The summed E-state index contributed by atoms with van der Waals surface area (Å²) in [6.07, 6.45) is 9.63.